The van der Waals surface area contributed by atoms with Gasteiger partial charge in [-0.3, -0.25) is 0 Å². The Bertz CT molecular complexity index is 572. The molecule has 2 aromatic rings. The molecular weight excluding hydrogens is 269 g/mol. The van der Waals surface area contributed by atoms with Crippen molar-refractivity contribution in [2.45, 2.75) is 19.9 Å². The van der Waals surface area contributed by atoms with Gasteiger partial charge in [-0.15, -0.1) is 0 Å². The molecule has 21 heavy (non-hydrogen) atoms. The van der Waals surface area contributed by atoms with Gasteiger partial charge in [0.2, 0.25) is 0 Å². The van der Waals surface area contributed by atoms with Crippen LogP contribution in [0.2, 0.25) is 0 Å². The lowest BCUT2D eigenvalue weighted by atomic mass is 10.1. The van der Waals surface area contributed by atoms with E-state index in [9.17, 15) is 4.39 Å². The summed E-state index contributed by atoms with van der Waals surface area (Å²) in [4.78, 5) is 8.98. The van der Waals surface area contributed by atoms with Gasteiger partial charge in [-0.2, -0.15) is 0 Å². The third kappa shape index (κ3) is 5.21. The Kier molecular flexibility index (Phi) is 5.78. The molecule has 0 aliphatic rings. The van der Waals surface area contributed by atoms with Crippen LogP contribution in [0.25, 0.3) is 0 Å². The van der Waals surface area contributed by atoms with Crippen LogP contribution in [-0.2, 0) is 17.7 Å². The highest BCUT2D eigenvalue weighted by Gasteiger charge is 2.04. The molecule has 1 aromatic heterocycles. The Morgan fingerprint density at radius 3 is 2.67 bits per heavy atom. The number of aryl methyl sites for hydroxylation is 1. The molecule has 112 valence electrons. The summed E-state index contributed by atoms with van der Waals surface area (Å²) < 4.78 is 17.9. The van der Waals surface area contributed by atoms with Crippen LogP contribution < -0.4 is 5.32 Å². The zero-order chi connectivity index (χ0) is 15.1. The molecule has 0 bridgehead atoms. The Labute approximate surface area is 124 Å². The van der Waals surface area contributed by atoms with E-state index < -0.39 is 0 Å². The maximum absolute atomic E-state index is 12.9. The molecule has 4 nitrogen and oxygen atoms in total. The lowest BCUT2D eigenvalue weighted by molar-refractivity contribution is 0.199. The fraction of sp³-hybridized carbons (Fsp3) is 0.375. The fourth-order valence-electron chi connectivity index (χ4n) is 2.05. The molecule has 0 radical (unpaired) electrons. The van der Waals surface area contributed by atoms with Crippen molar-refractivity contribution >= 4 is 0 Å². The van der Waals surface area contributed by atoms with E-state index >= 15 is 0 Å². The fourth-order valence-corrected chi connectivity index (χ4v) is 2.05. The average Bonchev–Trinajstić information content (AvgIpc) is 2.46. The lowest BCUT2D eigenvalue weighted by Gasteiger charge is -2.07. The maximum Gasteiger partial charge on any atom is 0.133 e. The Morgan fingerprint density at radius 2 is 1.95 bits per heavy atom. The summed E-state index contributed by atoms with van der Waals surface area (Å²) in [5.41, 5.74) is 2.89. The predicted molar refractivity (Wildman–Crippen MR) is 79.6 cm³/mol. The molecule has 0 unspecified atom stereocenters. The molecule has 2 rings (SSSR count). The number of benzene rings is 1. The minimum atomic E-state index is -0.230. The van der Waals surface area contributed by atoms with Gasteiger partial charge in [0.05, 0.1) is 12.3 Å². The largest absolute Gasteiger partial charge is 0.383 e. The third-order valence-corrected chi connectivity index (χ3v) is 3.02. The Balaban J connectivity index is 2.02. The van der Waals surface area contributed by atoms with Gasteiger partial charge >= 0.3 is 0 Å². The lowest BCUT2D eigenvalue weighted by Crippen LogP contribution is -2.20. The van der Waals surface area contributed by atoms with Crippen LogP contribution in [0.15, 0.2) is 30.3 Å². The zero-order valence-electron chi connectivity index (χ0n) is 12.4. The van der Waals surface area contributed by atoms with Gasteiger partial charge in [-0.25, -0.2) is 14.4 Å². The van der Waals surface area contributed by atoms with Crippen molar-refractivity contribution in [1.29, 1.82) is 0 Å². The summed E-state index contributed by atoms with van der Waals surface area (Å²) in [5.74, 6) is 0.525. The SMILES string of the molecule is COCCNCc1cc(C)nc(Cc2ccc(F)cc2)n1. The smallest absolute Gasteiger partial charge is 0.133 e. The first-order valence-corrected chi connectivity index (χ1v) is 6.95. The van der Waals surface area contributed by atoms with Crippen LogP contribution >= 0.6 is 0 Å². The number of aromatic nitrogens is 2. The number of hydrogen-bond acceptors (Lipinski definition) is 4. The second-order valence-corrected chi connectivity index (χ2v) is 4.89. The van der Waals surface area contributed by atoms with Crippen molar-refractivity contribution < 1.29 is 9.13 Å². The van der Waals surface area contributed by atoms with E-state index in [0.29, 0.717) is 19.6 Å². The van der Waals surface area contributed by atoms with Gasteiger partial charge in [0.15, 0.2) is 0 Å². The van der Waals surface area contributed by atoms with Gasteiger partial charge in [-0.05, 0) is 30.7 Å². The number of halogens is 1. The van der Waals surface area contributed by atoms with Gasteiger partial charge in [-0.1, -0.05) is 12.1 Å². The molecule has 1 N–H and O–H groups in total. The molecule has 0 fully saturated rings. The first-order valence-electron chi connectivity index (χ1n) is 6.95. The van der Waals surface area contributed by atoms with E-state index in [2.05, 4.69) is 15.3 Å². The highest BCUT2D eigenvalue weighted by atomic mass is 19.1. The predicted octanol–water partition coefficient (Wildman–Crippen LogP) is 2.25. The van der Waals surface area contributed by atoms with Crippen LogP contribution in [0.5, 0.6) is 0 Å². The van der Waals surface area contributed by atoms with Gasteiger partial charge in [0.25, 0.3) is 0 Å². The van der Waals surface area contributed by atoms with Crippen LogP contribution in [0.3, 0.4) is 0 Å². The third-order valence-electron chi connectivity index (χ3n) is 3.02. The summed E-state index contributed by atoms with van der Waals surface area (Å²) in [7, 11) is 1.68. The molecular formula is C16H20FN3O. The summed E-state index contributed by atoms with van der Waals surface area (Å²) in [5, 5.41) is 3.26. The normalized spacial score (nSPS) is 10.8. The Morgan fingerprint density at radius 1 is 1.19 bits per heavy atom. The van der Waals surface area contributed by atoms with Gasteiger partial charge in [0.1, 0.15) is 11.6 Å². The van der Waals surface area contributed by atoms with Crippen molar-refractivity contribution in [3.63, 3.8) is 0 Å². The highest BCUT2D eigenvalue weighted by Crippen LogP contribution is 2.09. The number of nitrogens with one attached hydrogen (secondary N) is 1. The van der Waals surface area contributed by atoms with Crippen LogP contribution in [0, 0.1) is 12.7 Å². The summed E-state index contributed by atoms with van der Waals surface area (Å²) in [6.07, 6.45) is 0.604. The number of methoxy groups -OCH3 is 1. The molecule has 0 aliphatic heterocycles. The van der Waals surface area contributed by atoms with Crippen molar-refractivity contribution in [3.8, 4) is 0 Å². The van der Waals surface area contributed by atoms with Crippen molar-refractivity contribution in [2.75, 3.05) is 20.3 Å². The van der Waals surface area contributed by atoms with Crippen LogP contribution in [0.4, 0.5) is 4.39 Å². The van der Waals surface area contributed by atoms with Crippen LogP contribution in [-0.4, -0.2) is 30.2 Å². The molecule has 0 spiro atoms. The molecule has 5 heteroatoms. The minimum absolute atomic E-state index is 0.230. The summed E-state index contributed by atoms with van der Waals surface area (Å²) in [6.45, 7) is 4.09. The van der Waals surface area contributed by atoms with Crippen molar-refractivity contribution in [1.82, 2.24) is 15.3 Å². The van der Waals surface area contributed by atoms with Gasteiger partial charge < -0.3 is 10.1 Å². The topological polar surface area (TPSA) is 47.0 Å². The van der Waals surface area contributed by atoms with E-state index in [1.54, 1.807) is 19.2 Å². The Hall–Kier alpha value is -1.85. The van der Waals surface area contributed by atoms with Crippen molar-refractivity contribution in [2.24, 2.45) is 0 Å². The molecule has 0 saturated heterocycles. The van der Waals surface area contributed by atoms with E-state index in [0.717, 1.165) is 29.3 Å². The standard InChI is InChI=1S/C16H20FN3O/c1-12-9-15(11-18-7-8-21-2)20-16(19-12)10-13-3-5-14(17)6-4-13/h3-6,9,18H,7-8,10-11H2,1-2H3. The van der Waals surface area contributed by atoms with E-state index in [1.807, 2.05) is 13.0 Å². The number of hydrogen-bond donors (Lipinski definition) is 1. The first kappa shape index (κ1) is 15.5. The second-order valence-electron chi connectivity index (χ2n) is 4.89. The molecule has 0 aliphatic carbocycles. The summed E-state index contributed by atoms with van der Waals surface area (Å²) in [6, 6.07) is 8.40. The minimum Gasteiger partial charge on any atom is -0.383 e. The quantitative estimate of drug-likeness (QED) is 0.794. The zero-order valence-corrected chi connectivity index (χ0v) is 12.4. The first-order chi connectivity index (χ1) is 10.2. The average molecular weight is 289 g/mol. The van der Waals surface area contributed by atoms with Crippen molar-refractivity contribution in [3.05, 3.63) is 58.9 Å². The van der Waals surface area contributed by atoms with E-state index in [-0.39, 0.29) is 5.82 Å². The monoisotopic (exact) mass is 289 g/mol. The van der Waals surface area contributed by atoms with Gasteiger partial charge in [0, 0.05) is 32.3 Å². The second kappa shape index (κ2) is 7.81. The van der Waals surface area contributed by atoms with E-state index in [4.69, 9.17) is 4.74 Å². The number of ether oxygens (including phenoxy) is 1. The van der Waals surface area contributed by atoms with Crippen LogP contribution in [0.1, 0.15) is 22.8 Å². The molecule has 0 atom stereocenters. The van der Waals surface area contributed by atoms with E-state index in [1.165, 1.54) is 12.1 Å². The number of rotatable bonds is 7. The molecule has 0 amide bonds. The highest BCUT2D eigenvalue weighted by molar-refractivity contribution is 5.21. The molecule has 1 heterocycles. The molecule has 1 aromatic carbocycles. The number of nitrogens with zero attached hydrogens (tertiary/aromatic N) is 2. The maximum atomic E-state index is 12.9. The molecule has 0 saturated carbocycles. The summed E-state index contributed by atoms with van der Waals surface area (Å²) >= 11 is 0.